The predicted molar refractivity (Wildman–Crippen MR) is 92.2 cm³/mol. The van der Waals surface area contributed by atoms with Gasteiger partial charge in [0.2, 0.25) is 5.75 Å². The fourth-order valence-electron chi connectivity index (χ4n) is 1.89. The van der Waals surface area contributed by atoms with Crippen molar-refractivity contribution in [3.05, 3.63) is 68.3 Å². The third-order valence-electron chi connectivity index (χ3n) is 3.10. The molecule has 0 aromatic heterocycles. The van der Waals surface area contributed by atoms with Gasteiger partial charge in [0.05, 0.1) is 28.2 Å². The van der Waals surface area contributed by atoms with Crippen molar-refractivity contribution in [2.24, 2.45) is 5.10 Å². The standard InChI is InChI=1S/C16H11N5O6/c17-8-7-16(22)19-18-10-11-1-4-13(5-2-11)27-15-6-3-12(20(23)24)9-14(15)21(25)26/h1-6,9-10H,7H2,(H,19,22). The third-order valence-corrected chi connectivity index (χ3v) is 3.10. The Hall–Kier alpha value is -4.33. The van der Waals surface area contributed by atoms with Crippen LogP contribution in [0.15, 0.2) is 47.6 Å². The lowest BCUT2D eigenvalue weighted by Crippen LogP contribution is -2.16. The SMILES string of the molecule is N#CCC(=O)NN=Cc1ccc(Oc2ccc([N+](=O)[O-])cc2[N+](=O)[O-])cc1. The van der Waals surface area contributed by atoms with Crippen LogP contribution in [0.1, 0.15) is 12.0 Å². The van der Waals surface area contributed by atoms with Crippen LogP contribution in [0.4, 0.5) is 11.4 Å². The zero-order valence-electron chi connectivity index (χ0n) is 13.6. The van der Waals surface area contributed by atoms with Crippen molar-refractivity contribution < 1.29 is 19.4 Å². The molecule has 0 saturated carbocycles. The first-order valence-corrected chi connectivity index (χ1v) is 7.30. The van der Waals surface area contributed by atoms with Crippen molar-refractivity contribution in [2.45, 2.75) is 6.42 Å². The van der Waals surface area contributed by atoms with Crippen molar-refractivity contribution >= 4 is 23.5 Å². The lowest BCUT2D eigenvalue weighted by molar-refractivity contribution is -0.394. The number of nitro benzene ring substituents is 2. The molecule has 2 rings (SSSR count). The molecule has 11 heteroatoms. The molecule has 0 saturated heterocycles. The molecule has 136 valence electrons. The number of rotatable bonds is 7. The van der Waals surface area contributed by atoms with Gasteiger partial charge in [-0.1, -0.05) is 0 Å². The summed E-state index contributed by atoms with van der Waals surface area (Å²) in [5.74, 6) is -0.424. The average Bonchev–Trinajstić information content (AvgIpc) is 2.63. The number of benzene rings is 2. The largest absolute Gasteiger partial charge is 0.450 e. The lowest BCUT2D eigenvalue weighted by Gasteiger charge is -2.06. The van der Waals surface area contributed by atoms with Crippen LogP contribution < -0.4 is 10.2 Å². The third kappa shape index (κ3) is 5.33. The fraction of sp³-hybridized carbons (Fsp3) is 0.0625. The summed E-state index contributed by atoms with van der Waals surface area (Å²) in [5.41, 5.74) is 1.81. The Morgan fingerprint density at radius 2 is 1.89 bits per heavy atom. The Balaban J connectivity index is 2.11. The second-order valence-corrected chi connectivity index (χ2v) is 4.97. The number of amides is 1. The summed E-state index contributed by atoms with van der Waals surface area (Å²) in [4.78, 5) is 31.4. The molecular formula is C16H11N5O6. The van der Waals surface area contributed by atoms with E-state index in [1.165, 1.54) is 18.3 Å². The number of nitrogens with one attached hydrogen (secondary N) is 1. The minimum atomic E-state index is -0.771. The van der Waals surface area contributed by atoms with Gasteiger partial charge in [-0.3, -0.25) is 25.0 Å². The number of hydrazone groups is 1. The summed E-state index contributed by atoms with van der Waals surface area (Å²) in [6, 6.07) is 10.9. The molecule has 0 aliphatic carbocycles. The maximum absolute atomic E-state index is 11.1. The molecular weight excluding hydrogens is 358 g/mol. The smallest absolute Gasteiger partial charge is 0.318 e. The van der Waals surface area contributed by atoms with E-state index < -0.39 is 27.1 Å². The molecule has 0 aliphatic heterocycles. The molecule has 0 unspecified atom stereocenters. The van der Waals surface area contributed by atoms with Crippen molar-refractivity contribution in [1.29, 1.82) is 5.26 Å². The van der Waals surface area contributed by atoms with Crippen LogP contribution in [0, 0.1) is 31.6 Å². The summed E-state index contributed by atoms with van der Waals surface area (Å²) in [5, 5.41) is 33.8. The van der Waals surface area contributed by atoms with Gasteiger partial charge in [0.1, 0.15) is 12.2 Å². The average molecular weight is 369 g/mol. The Morgan fingerprint density at radius 1 is 1.19 bits per heavy atom. The maximum Gasteiger partial charge on any atom is 0.318 e. The molecule has 2 aromatic carbocycles. The molecule has 0 spiro atoms. The minimum Gasteiger partial charge on any atom is -0.450 e. The summed E-state index contributed by atoms with van der Waals surface area (Å²) < 4.78 is 5.42. The first-order chi connectivity index (χ1) is 12.9. The van der Waals surface area contributed by atoms with E-state index in [4.69, 9.17) is 10.00 Å². The highest BCUT2D eigenvalue weighted by Gasteiger charge is 2.21. The summed E-state index contributed by atoms with van der Waals surface area (Å²) >= 11 is 0. The number of nitrogens with zero attached hydrogens (tertiary/aromatic N) is 4. The topological polar surface area (TPSA) is 161 Å². The van der Waals surface area contributed by atoms with Gasteiger partial charge >= 0.3 is 5.69 Å². The molecule has 11 nitrogen and oxygen atoms in total. The zero-order chi connectivity index (χ0) is 19.8. The molecule has 2 aromatic rings. The Morgan fingerprint density at radius 3 is 2.48 bits per heavy atom. The monoisotopic (exact) mass is 369 g/mol. The maximum atomic E-state index is 11.1. The van der Waals surface area contributed by atoms with Gasteiger partial charge in [0.15, 0.2) is 0 Å². The van der Waals surface area contributed by atoms with Crippen LogP contribution in [0.25, 0.3) is 0 Å². The van der Waals surface area contributed by atoms with Crippen molar-refractivity contribution in [3.63, 3.8) is 0 Å². The second-order valence-electron chi connectivity index (χ2n) is 4.97. The molecule has 27 heavy (non-hydrogen) atoms. The molecule has 0 bridgehead atoms. The van der Waals surface area contributed by atoms with Crippen LogP contribution in [-0.2, 0) is 4.79 Å². The van der Waals surface area contributed by atoms with Gasteiger partial charge in [-0.15, -0.1) is 0 Å². The number of hydrogen-bond donors (Lipinski definition) is 1. The Labute approximate surface area is 151 Å². The molecule has 1 amide bonds. The number of carbonyl (C=O) groups excluding carboxylic acids is 1. The van der Waals surface area contributed by atoms with E-state index in [9.17, 15) is 25.0 Å². The summed E-state index contributed by atoms with van der Waals surface area (Å²) in [6.45, 7) is 0. The van der Waals surface area contributed by atoms with E-state index in [0.717, 1.165) is 18.2 Å². The van der Waals surface area contributed by atoms with Gasteiger partial charge in [-0.2, -0.15) is 10.4 Å². The van der Waals surface area contributed by atoms with Gasteiger partial charge in [-0.25, -0.2) is 5.43 Å². The first-order valence-electron chi connectivity index (χ1n) is 7.30. The van der Waals surface area contributed by atoms with Crippen LogP contribution in [0.5, 0.6) is 11.5 Å². The highest BCUT2D eigenvalue weighted by Crippen LogP contribution is 2.34. The van der Waals surface area contributed by atoms with Crippen LogP contribution >= 0.6 is 0 Å². The van der Waals surface area contributed by atoms with Crippen molar-refractivity contribution in [3.8, 4) is 17.6 Å². The number of non-ortho nitro benzene ring substituents is 1. The van der Waals surface area contributed by atoms with Crippen LogP contribution in [0.2, 0.25) is 0 Å². The fourth-order valence-corrected chi connectivity index (χ4v) is 1.89. The number of nitriles is 1. The van der Waals surface area contributed by atoms with Crippen LogP contribution in [0.3, 0.4) is 0 Å². The molecule has 0 heterocycles. The van der Waals surface area contributed by atoms with Gasteiger partial charge in [-0.05, 0) is 35.9 Å². The van der Waals surface area contributed by atoms with E-state index in [2.05, 4.69) is 10.5 Å². The van der Waals surface area contributed by atoms with E-state index in [-0.39, 0.29) is 17.9 Å². The normalized spacial score (nSPS) is 10.2. The van der Waals surface area contributed by atoms with E-state index in [0.29, 0.717) is 5.56 Å². The lowest BCUT2D eigenvalue weighted by atomic mass is 10.2. The highest BCUT2D eigenvalue weighted by molar-refractivity contribution is 5.83. The van der Waals surface area contributed by atoms with Crippen molar-refractivity contribution in [2.75, 3.05) is 0 Å². The quantitative estimate of drug-likeness (QED) is 0.445. The number of hydrogen-bond acceptors (Lipinski definition) is 8. The first kappa shape index (κ1) is 19.0. The summed E-state index contributed by atoms with van der Waals surface area (Å²) in [7, 11) is 0. The number of carbonyl (C=O) groups is 1. The predicted octanol–water partition coefficient (Wildman–Crippen LogP) is 2.66. The van der Waals surface area contributed by atoms with Gasteiger partial charge in [0, 0.05) is 6.07 Å². The van der Waals surface area contributed by atoms with Crippen LogP contribution in [-0.4, -0.2) is 22.0 Å². The molecule has 0 atom stereocenters. The Bertz CT molecular complexity index is 949. The van der Waals surface area contributed by atoms with E-state index in [1.54, 1.807) is 18.2 Å². The zero-order valence-corrected chi connectivity index (χ0v) is 13.6. The molecule has 0 fully saturated rings. The summed E-state index contributed by atoms with van der Waals surface area (Å²) in [6.07, 6.45) is 1.03. The second kappa shape index (κ2) is 8.67. The van der Waals surface area contributed by atoms with E-state index >= 15 is 0 Å². The molecule has 0 radical (unpaired) electrons. The van der Waals surface area contributed by atoms with E-state index in [1.807, 2.05) is 0 Å². The minimum absolute atomic E-state index is 0.143. The molecule has 0 aliphatic rings. The number of ether oxygens (including phenoxy) is 1. The Kier molecular flexibility index (Phi) is 6.10. The van der Waals surface area contributed by atoms with Crippen molar-refractivity contribution in [1.82, 2.24) is 5.43 Å². The highest BCUT2D eigenvalue weighted by atomic mass is 16.6. The van der Waals surface area contributed by atoms with Gasteiger partial charge in [0.25, 0.3) is 11.6 Å². The number of nitro groups is 2. The molecule has 1 N–H and O–H groups in total. The van der Waals surface area contributed by atoms with Gasteiger partial charge < -0.3 is 4.74 Å².